The SMILES string of the molecule is NC1(c2noc(-c3cccc(Cl)c3F)n2)CCCCCC1. The predicted octanol–water partition coefficient (Wildman–Crippen LogP) is 4.04. The highest BCUT2D eigenvalue weighted by atomic mass is 35.5. The first kappa shape index (κ1) is 14.5. The van der Waals surface area contributed by atoms with Gasteiger partial charge in [0.05, 0.1) is 16.1 Å². The van der Waals surface area contributed by atoms with E-state index in [1.54, 1.807) is 12.1 Å². The van der Waals surface area contributed by atoms with E-state index in [1.807, 2.05) is 0 Å². The molecule has 3 rings (SSSR count). The van der Waals surface area contributed by atoms with Gasteiger partial charge < -0.3 is 10.3 Å². The number of hydrogen-bond donors (Lipinski definition) is 1. The van der Waals surface area contributed by atoms with Gasteiger partial charge in [-0.05, 0) is 25.0 Å². The summed E-state index contributed by atoms with van der Waals surface area (Å²) >= 11 is 5.78. The molecule has 1 aliphatic rings. The molecule has 1 heterocycles. The number of hydrogen-bond acceptors (Lipinski definition) is 4. The van der Waals surface area contributed by atoms with Crippen LogP contribution in [0.2, 0.25) is 5.02 Å². The van der Waals surface area contributed by atoms with Gasteiger partial charge in [-0.1, -0.05) is 48.5 Å². The molecule has 112 valence electrons. The Balaban J connectivity index is 1.94. The minimum Gasteiger partial charge on any atom is -0.334 e. The molecule has 21 heavy (non-hydrogen) atoms. The van der Waals surface area contributed by atoms with E-state index in [1.165, 1.54) is 18.9 Å². The van der Waals surface area contributed by atoms with Crippen LogP contribution in [0, 0.1) is 5.82 Å². The topological polar surface area (TPSA) is 64.9 Å². The van der Waals surface area contributed by atoms with Crippen LogP contribution in [-0.2, 0) is 5.54 Å². The molecule has 1 aromatic heterocycles. The van der Waals surface area contributed by atoms with Crippen molar-refractivity contribution in [3.8, 4) is 11.5 Å². The summed E-state index contributed by atoms with van der Waals surface area (Å²) in [5.74, 6) is 0.0270. The molecule has 2 N–H and O–H groups in total. The summed E-state index contributed by atoms with van der Waals surface area (Å²) in [6.07, 6.45) is 6.09. The van der Waals surface area contributed by atoms with Gasteiger partial charge in [-0.15, -0.1) is 0 Å². The number of halogens is 2. The van der Waals surface area contributed by atoms with Crippen molar-refractivity contribution < 1.29 is 8.91 Å². The molecule has 0 aliphatic heterocycles. The maximum Gasteiger partial charge on any atom is 0.261 e. The van der Waals surface area contributed by atoms with Gasteiger partial charge in [0.2, 0.25) is 0 Å². The largest absolute Gasteiger partial charge is 0.334 e. The van der Waals surface area contributed by atoms with Gasteiger partial charge >= 0.3 is 0 Å². The average Bonchev–Trinajstić information content (AvgIpc) is 2.86. The van der Waals surface area contributed by atoms with Crippen LogP contribution in [0.5, 0.6) is 0 Å². The van der Waals surface area contributed by atoms with Gasteiger partial charge in [-0.3, -0.25) is 0 Å². The fourth-order valence-electron chi connectivity index (χ4n) is 2.79. The Morgan fingerprint density at radius 3 is 2.62 bits per heavy atom. The fraction of sp³-hybridized carbons (Fsp3) is 0.467. The molecule has 0 atom stereocenters. The second-order valence-electron chi connectivity index (χ2n) is 5.59. The zero-order valence-electron chi connectivity index (χ0n) is 11.6. The van der Waals surface area contributed by atoms with E-state index < -0.39 is 11.4 Å². The summed E-state index contributed by atoms with van der Waals surface area (Å²) in [5.41, 5.74) is 6.07. The number of benzene rings is 1. The molecular formula is C15H17ClFN3O. The maximum absolute atomic E-state index is 14.0. The van der Waals surface area contributed by atoms with E-state index in [2.05, 4.69) is 10.1 Å². The van der Waals surface area contributed by atoms with Crippen molar-refractivity contribution in [2.24, 2.45) is 5.73 Å². The first-order valence-corrected chi connectivity index (χ1v) is 7.55. The van der Waals surface area contributed by atoms with Crippen LogP contribution in [0.15, 0.2) is 22.7 Å². The summed E-state index contributed by atoms with van der Waals surface area (Å²) in [6, 6.07) is 4.69. The molecule has 0 amide bonds. The summed E-state index contributed by atoms with van der Waals surface area (Å²) < 4.78 is 19.2. The van der Waals surface area contributed by atoms with E-state index >= 15 is 0 Å². The molecule has 4 nitrogen and oxygen atoms in total. The van der Waals surface area contributed by atoms with Crippen molar-refractivity contribution >= 4 is 11.6 Å². The molecule has 0 radical (unpaired) electrons. The molecule has 0 spiro atoms. The first-order chi connectivity index (χ1) is 10.1. The van der Waals surface area contributed by atoms with Gasteiger partial charge in [0, 0.05) is 0 Å². The van der Waals surface area contributed by atoms with E-state index in [9.17, 15) is 4.39 Å². The van der Waals surface area contributed by atoms with Crippen molar-refractivity contribution in [1.82, 2.24) is 10.1 Å². The van der Waals surface area contributed by atoms with E-state index in [-0.39, 0.29) is 16.5 Å². The molecular weight excluding hydrogens is 293 g/mol. The van der Waals surface area contributed by atoms with Crippen molar-refractivity contribution in [3.63, 3.8) is 0 Å². The van der Waals surface area contributed by atoms with Gasteiger partial charge in [0.1, 0.15) is 0 Å². The minimum atomic E-state index is -0.576. The van der Waals surface area contributed by atoms with Crippen LogP contribution < -0.4 is 5.73 Å². The summed E-state index contributed by atoms with van der Waals surface area (Å²) in [6.45, 7) is 0. The second-order valence-corrected chi connectivity index (χ2v) is 6.00. The van der Waals surface area contributed by atoms with Crippen LogP contribution >= 0.6 is 11.6 Å². The number of aromatic nitrogens is 2. The first-order valence-electron chi connectivity index (χ1n) is 7.18. The highest BCUT2D eigenvalue weighted by molar-refractivity contribution is 6.31. The standard InChI is InChI=1S/C15H17ClFN3O/c16-11-7-5-6-10(12(11)17)13-19-14(20-21-13)15(18)8-3-1-2-4-9-15/h5-7H,1-4,8-9,18H2. The van der Waals surface area contributed by atoms with Crippen LogP contribution in [0.25, 0.3) is 11.5 Å². The number of nitrogens with zero attached hydrogens (tertiary/aromatic N) is 2. The maximum atomic E-state index is 14.0. The lowest BCUT2D eigenvalue weighted by Gasteiger charge is -2.23. The van der Waals surface area contributed by atoms with Crippen LogP contribution in [0.4, 0.5) is 4.39 Å². The molecule has 0 saturated heterocycles. The molecule has 1 aromatic carbocycles. The Labute approximate surface area is 127 Å². The molecule has 2 aromatic rings. The molecule has 1 aliphatic carbocycles. The van der Waals surface area contributed by atoms with Gasteiger partial charge in [-0.2, -0.15) is 4.98 Å². The Hall–Kier alpha value is -1.46. The second kappa shape index (κ2) is 5.73. The van der Waals surface area contributed by atoms with Gasteiger partial charge in [-0.25, -0.2) is 4.39 Å². The predicted molar refractivity (Wildman–Crippen MR) is 78.3 cm³/mol. The average molecular weight is 310 g/mol. The zero-order chi connectivity index (χ0) is 14.9. The lowest BCUT2D eigenvalue weighted by Crippen LogP contribution is -2.37. The van der Waals surface area contributed by atoms with Crippen LogP contribution in [-0.4, -0.2) is 10.1 Å². The van der Waals surface area contributed by atoms with E-state index in [0.29, 0.717) is 5.82 Å². The molecule has 1 fully saturated rings. The summed E-state index contributed by atoms with van der Waals surface area (Å²) in [7, 11) is 0. The summed E-state index contributed by atoms with van der Waals surface area (Å²) in [5, 5.41) is 4.01. The quantitative estimate of drug-likeness (QED) is 0.850. The lowest BCUT2D eigenvalue weighted by molar-refractivity contribution is 0.334. The van der Waals surface area contributed by atoms with Gasteiger partial charge in [0.15, 0.2) is 11.6 Å². The molecule has 1 saturated carbocycles. The molecule has 0 unspecified atom stereocenters. The van der Waals surface area contributed by atoms with E-state index in [4.69, 9.17) is 21.9 Å². The lowest BCUT2D eigenvalue weighted by atomic mass is 9.91. The minimum absolute atomic E-state index is 0.0316. The van der Waals surface area contributed by atoms with Crippen molar-refractivity contribution in [3.05, 3.63) is 34.9 Å². The van der Waals surface area contributed by atoms with Crippen LogP contribution in [0.3, 0.4) is 0 Å². The Morgan fingerprint density at radius 1 is 1.19 bits per heavy atom. The Bertz CT molecular complexity index is 636. The van der Waals surface area contributed by atoms with Crippen LogP contribution in [0.1, 0.15) is 44.3 Å². The monoisotopic (exact) mass is 309 g/mol. The van der Waals surface area contributed by atoms with Gasteiger partial charge in [0.25, 0.3) is 5.89 Å². The highest BCUT2D eigenvalue weighted by Crippen LogP contribution is 2.34. The fourth-order valence-corrected chi connectivity index (χ4v) is 2.96. The highest BCUT2D eigenvalue weighted by Gasteiger charge is 2.33. The van der Waals surface area contributed by atoms with Crippen molar-refractivity contribution in [2.75, 3.05) is 0 Å². The third-order valence-corrected chi connectivity index (χ3v) is 4.34. The van der Waals surface area contributed by atoms with E-state index in [0.717, 1.165) is 25.7 Å². The van der Waals surface area contributed by atoms with Crippen molar-refractivity contribution in [1.29, 1.82) is 0 Å². The molecule has 0 bridgehead atoms. The number of rotatable bonds is 2. The third kappa shape index (κ3) is 2.80. The molecule has 6 heteroatoms. The third-order valence-electron chi connectivity index (χ3n) is 4.05. The van der Waals surface area contributed by atoms with Crippen molar-refractivity contribution in [2.45, 2.75) is 44.1 Å². The smallest absolute Gasteiger partial charge is 0.261 e. The zero-order valence-corrected chi connectivity index (χ0v) is 12.4. The normalized spacial score (nSPS) is 18.4. The Morgan fingerprint density at radius 2 is 1.90 bits per heavy atom. The number of nitrogens with two attached hydrogens (primary N) is 1. The Kier molecular flexibility index (Phi) is 3.95. The summed E-state index contributed by atoms with van der Waals surface area (Å²) in [4.78, 5) is 4.32.